The number of nitrogens with two attached hydrogens (primary N) is 1. The van der Waals surface area contributed by atoms with Gasteiger partial charge in [-0.25, -0.2) is 0 Å². The standard InChI is InChI=1S/C12H17N5O2/c13-17-10-3-5-14-7-9(10)12(19)15-6-4-11(18)16-8-1-2-8/h3,5,7-8H,1-2,4,6,13H2,(H,14,17)(H,15,19)(H,16,18). The van der Waals surface area contributed by atoms with Crippen molar-refractivity contribution >= 4 is 17.5 Å². The Balaban J connectivity index is 1.78. The molecule has 7 heteroatoms. The van der Waals surface area contributed by atoms with E-state index in [4.69, 9.17) is 5.84 Å². The molecule has 0 atom stereocenters. The number of amides is 2. The molecule has 1 aliphatic carbocycles. The third-order valence-corrected chi connectivity index (χ3v) is 2.80. The maximum absolute atomic E-state index is 11.9. The average molecular weight is 263 g/mol. The number of pyridine rings is 1. The second kappa shape index (κ2) is 6.14. The number of anilines is 1. The first-order chi connectivity index (χ1) is 9.20. The largest absolute Gasteiger partial charge is 0.353 e. The summed E-state index contributed by atoms with van der Waals surface area (Å²) in [6.45, 7) is 0.288. The molecule has 1 fully saturated rings. The summed E-state index contributed by atoms with van der Waals surface area (Å²) in [6, 6.07) is 1.95. The fraction of sp³-hybridized carbons (Fsp3) is 0.417. The highest BCUT2D eigenvalue weighted by Crippen LogP contribution is 2.18. The lowest BCUT2D eigenvalue weighted by atomic mass is 10.2. The van der Waals surface area contributed by atoms with Crippen LogP contribution in [0.1, 0.15) is 29.6 Å². The van der Waals surface area contributed by atoms with Gasteiger partial charge in [-0.2, -0.15) is 0 Å². The van der Waals surface area contributed by atoms with Crippen LogP contribution >= 0.6 is 0 Å². The molecule has 1 heterocycles. The van der Waals surface area contributed by atoms with Crippen LogP contribution in [0, 0.1) is 0 Å². The van der Waals surface area contributed by atoms with E-state index < -0.39 is 0 Å². The van der Waals surface area contributed by atoms with Gasteiger partial charge < -0.3 is 16.1 Å². The molecule has 0 spiro atoms. The highest BCUT2D eigenvalue weighted by molar-refractivity contribution is 5.99. The summed E-state index contributed by atoms with van der Waals surface area (Å²) >= 11 is 0. The third-order valence-electron chi connectivity index (χ3n) is 2.80. The summed E-state index contributed by atoms with van der Waals surface area (Å²) in [7, 11) is 0. The smallest absolute Gasteiger partial charge is 0.255 e. The highest BCUT2D eigenvalue weighted by Gasteiger charge is 2.22. The van der Waals surface area contributed by atoms with E-state index >= 15 is 0 Å². The highest BCUT2D eigenvalue weighted by atomic mass is 16.2. The zero-order chi connectivity index (χ0) is 13.7. The number of hydrazine groups is 1. The number of carbonyl (C=O) groups excluding carboxylic acids is 2. The number of rotatable bonds is 6. The first-order valence-electron chi connectivity index (χ1n) is 6.19. The fourth-order valence-electron chi connectivity index (χ4n) is 1.61. The van der Waals surface area contributed by atoms with Gasteiger partial charge in [-0.3, -0.25) is 20.4 Å². The Morgan fingerprint density at radius 1 is 1.42 bits per heavy atom. The first kappa shape index (κ1) is 13.3. The van der Waals surface area contributed by atoms with Gasteiger partial charge in [-0.1, -0.05) is 0 Å². The lowest BCUT2D eigenvalue weighted by Gasteiger charge is -2.09. The van der Waals surface area contributed by atoms with Crippen molar-refractivity contribution in [1.82, 2.24) is 15.6 Å². The minimum Gasteiger partial charge on any atom is -0.353 e. The van der Waals surface area contributed by atoms with Crippen molar-refractivity contribution in [2.45, 2.75) is 25.3 Å². The van der Waals surface area contributed by atoms with Crippen LogP contribution in [-0.4, -0.2) is 29.4 Å². The van der Waals surface area contributed by atoms with Gasteiger partial charge in [0.05, 0.1) is 11.3 Å². The van der Waals surface area contributed by atoms with Crippen LogP contribution in [0.5, 0.6) is 0 Å². The Hall–Kier alpha value is -2.15. The van der Waals surface area contributed by atoms with Crippen molar-refractivity contribution in [3.05, 3.63) is 24.0 Å². The number of nitrogens with zero attached hydrogens (tertiary/aromatic N) is 1. The predicted molar refractivity (Wildman–Crippen MR) is 70.2 cm³/mol. The second-order valence-corrected chi connectivity index (χ2v) is 4.41. The molecular formula is C12H17N5O2. The first-order valence-corrected chi connectivity index (χ1v) is 6.19. The third kappa shape index (κ3) is 3.92. The molecule has 0 aliphatic heterocycles. The number of nitrogens with one attached hydrogen (secondary N) is 3. The maximum Gasteiger partial charge on any atom is 0.255 e. The number of nitrogen functional groups attached to an aromatic ring is 1. The molecule has 1 aromatic rings. The summed E-state index contributed by atoms with van der Waals surface area (Å²) in [5.41, 5.74) is 3.28. The normalized spacial score (nSPS) is 13.7. The van der Waals surface area contributed by atoms with E-state index in [1.807, 2.05) is 0 Å². The molecule has 2 rings (SSSR count). The van der Waals surface area contributed by atoms with E-state index in [0.29, 0.717) is 17.3 Å². The summed E-state index contributed by atoms with van der Waals surface area (Å²) in [5, 5.41) is 5.52. The zero-order valence-electron chi connectivity index (χ0n) is 10.5. The SMILES string of the molecule is NNc1ccncc1C(=O)NCCC(=O)NC1CC1. The molecule has 19 heavy (non-hydrogen) atoms. The average Bonchev–Trinajstić information content (AvgIpc) is 3.22. The van der Waals surface area contributed by atoms with Crippen LogP contribution in [0.2, 0.25) is 0 Å². The van der Waals surface area contributed by atoms with Crippen molar-refractivity contribution in [2.75, 3.05) is 12.0 Å². The topological polar surface area (TPSA) is 109 Å². The quantitative estimate of drug-likeness (QED) is 0.418. The summed E-state index contributed by atoms with van der Waals surface area (Å²) < 4.78 is 0. The van der Waals surface area contributed by atoms with Crippen LogP contribution < -0.4 is 21.9 Å². The molecule has 0 bridgehead atoms. The predicted octanol–water partition coefficient (Wildman–Crippen LogP) is -0.234. The van der Waals surface area contributed by atoms with E-state index in [2.05, 4.69) is 21.0 Å². The van der Waals surface area contributed by atoms with Gasteiger partial charge >= 0.3 is 0 Å². The molecule has 2 amide bonds. The van der Waals surface area contributed by atoms with Crippen LogP contribution in [0.4, 0.5) is 5.69 Å². The minimum atomic E-state index is -0.305. The molecule has 0 unspecified atom stereocenters. The molecule has 0 aromatic carbocycles. The van der Waals surface area contributed by atoms with Gasteiger partial charge in [0.25, 0.3) is 5.91 Å². The van der Waals surface area contributed by atoms with Gasteiger partial charge in [-0.15, -0.1) is 0 Å². The number of hydrogen-bond donors (Lipinski definition) is 4. The molecule has 1 saturated carbocycles. The Morgan fingerprint density at radius 2 is 2.21 bits per heavy atom. The summed E-state index contributed by atoms with van der Waals surface area (Å²) in [4.78, 5) is 27.2. The van der Waals surface area contributed by atoms with E-state index in [9.17, 15) is 9.59 Å². The van der Waals surface area contributed by atoms with Crippen LogP contribution in [0.3, 0.4) is 0 Å². The Bertz CT molecular complexity index is 473. The molecule has 0 saturated heterocycles. The lowest BCUT2D eigenvalue weighted by Crippen LogP contribution is -2.32. The van der Waals surface area contributed by atoms with Crippen molar-refractivity contribution in [2.24, 2.45) is 5.84 Å². The number of hydrogen-bond acceptors (Lipinski definition) is 5. The summed E-state index contributed by atoms with van der Waals surface area (Å²) in [5.74, 6) is 4.96. The van der Waals surface area contributed by atoms with Gasteiger partial charge in [0.1, 0.15) is 0 Å². The summed E-state index contributed by atoms with van der Waals surface area (Å²) in [6.07, 6.45) is 5.34. The fourth-order valence-corrected chi connectivity index (χ4v) is 1.61. The van der Waals surface area contributed by atoms with Gasteiger partial charge in [0.2, 0.25) is 5.91 Å². The number of carbonyl (C=O) groups is 2. The van der Waals surface area contributed by atoms with Gasteiger partial charge in [0.15, 0.2) is 0 Å². The lowest BCUT2D eigenvalue weighted by molar-refractivity contribution is -0.121. The van der Waals surface area contributed by atoms with Crippen molar-refractivity contribution in [3.63, 3.8) is 0 Å². The van der Waals surface area contributed by atoms with Crippen LogP contribution in [0.15, 0.2) is 18.5 Å². The Kier molecular flexibility index (Phi) is 4.30. The van der Waals surface area contributed by atoms with E-state index in [1.54, 1.807) is 6.07 Å². The maximum atomic E-state index is 11.9. The molecule has 7 nitrogen and oxygen atoms in total. The van der Waals surface area contributed by atoms with Crippen molar-refractivity contribution < 1.29 is 9.59 Å². The van der Waals surface area contributed by atoms with Crippen LogP contribution in [0.25, 0.3) is 0 Å². The second-order valence-electron chi connectivity index (χ2n) is 4.41. The van der Waals surface area contributed by atoms with E-state index in [1.165, 1.54) is 12.4 Å². The minimum absolute atomic E-state index is 0.0360. The molecule has 1 aliphatic rings. The number of aromatic nitrogens is 1. The van der Waals surface area contributed by atoms with Crippen molar-refractivity contribution in [1.29, 1.82) is 0 Å². The van der Waals surface area contributed by atoms with Crippen LogP contribution in [-0.2, 0) is 4.79 Å². The van der Waals surface area contributed by atoms with Gasteiger partial charge in [0, 0.05) is 31.4 Å². The Labute approximate surface area is 110 Å². The molecule has 5 N–H and O–H groups in total. The molecule has 0 radical (unpaired) electrons. The van der Waals surface area contributed by atoms with Crippen molar-refractivity contribution in [3.8, 4) is 0 Å². The van der Waals surface area contributed by atoms with Gasteiger partial charge in [-0.05, 0) is 18.9 Å². The molecular weight excluding hydrogens is 246 g/mol. The zero-order valence-corrected chi connectivity index (χ0v) is 10.5. The van der Waals surface area contributed by atoms with E-state index in [0.717, 1.165) is 12.8 Å². The molecule has 102 valence electrons. The monoisotopic (exact) mass is 263 g/mol. The molecule has 1 aromatic heterocycles. The van der Waals surface area contributed by atoms with E-state index in [-0.39, 0.29) is 24.8 Å². The Morgan fingerprint density at radius 3 is 2.89 bits per heavy atom.